The number of nitrogens with two attached hydrogens (primary N) is 1. The van der Waals surface area contributed by atoms with Gasteiger partial charge < -0.3 is 10.5 Å². The molecule has 0 atom stereocenters. The van der Waals surface area contributed by atoms with E-state index in [4.69, 9.17) is 10.5 Å². The Labute approximate surface area is 127 Å². The Hall–Kier alpha value is -0.0800. The van der Waals surface area contributed by atoms with Gasteiger partial charge in [-0.25, -0.2) is 0 Å². The van der Waals surface area contributed by atoms with Crippen LogP contribution in [0.2, 0.25) is 0 Å². The molecule has 2 heteroatoms. The van der Waals surface area contributed by atoms with E-state index in [1.807, 2.05) is 0 Å². The summed E-state index contributed by atoms with van der Waals surface area (Å²) in [6.45, 7) is 8.16. The molecule has 20 heavy (non-hydrogen) atoms. The van der Waals surface area contributed by atoms with Crippen LogP contribution in [-0.4, -0.2) is 18.8 Å². The first-order valence-corrected chi connectivity index (χ1v) is 9.08. The quantitative estimate of drug-likeness (QED) is 0.406. The molecule has 122 valence electrons. The zero-order valence-electron chi connectivity index (χ0n) is 14.4. The van der Waals surface area contributed by atoms with Gasteiger partial charge in [-0.1, -0.05) is 78.6 Å². The van der Waals surface area contributed by atoms with E-state index in [-0.39, 0.29) is 5.60 Å². The van der Waals surface area contributed by atoms with E-state index in [1.54, 1.807) is 0 Å². The highest BCUT2D eigenvalue weighted by Crippen LogP contribution is 2.19. The van der Waals surface area contributed by atoms with Crippen LogP contribution in [0.4, 0.5) is 0 Å². The second kappa shape index (κ2) is 13.9. The van der Waals surface area contributed by atoms with Crippen molar-refractivity contribution in [1.29, 1.82) is 0 Å². The minimum Gasteiger partial charge on any atom is -0.374 e. The van der Waals surface area contributed by atoms with Gasteiger partial charge in [-0.3, -0.25) is 0 Å². The van der Waals surface area contributed by atoms with E-state index >= 15 is 0 Å². The van der Waals surface area contributed by atoms with Gasteiger partial charge in [0.05, 0.1) is 5.60 Å². The number of hydrogen-bond donors (Lipinski definition) is 1. The predicted octanol–water partition coefficient (Wildman–Crippen LogP) is 5.44. The summed E-state index contributed by atoms with van der Waals surface area (Å²) in [5.74, 6) is 0. The van der Waals surface area contributed by atoms with E-state index < -0.39 is 0 Å². The molecule has 0 radical (unpaired) electrons. The summed E-state index contributed by atoms with van der Waals surface area (Å²) in [6, 6.07) is 0. The fourth-order valence-electron chi connectivity index (χ4n) is 2.68. The van der Waals surface area contributed by atoms with Gasteiger partial charge in [0, 0.05) is 13.2 Å². The highest BCUT2D eigenvalue weighted by molar-refractivity contribution is 4.78. The van der Waals surface area contributed by atoms with Crippen LogP contribution in [-0.2, 0) is 4.74 Å². The van der Waals surface area contributed by atoms with Gasteiger partial charge in [-0.15, -0.1) is 0 Å². The zero-order valence-corrected chi connectivity index (χ0v) is 14.4. The van der Waals surface area contributed by atoms with E-state index in [2.05, 4.69) is 20.8 Å². The molecule has 0 bridgehead atoms. The van der Waals surface area contributed by atoms with Crippen molar-refractivity contribution in [2.24, 2.45) is 5.73 Å². The molecule has 0 unspecified atom stereocenters. The van der Waals surface area contributed by atoms with Crippen molar-refractivity contribution < 1.29 is 4.74 Å². The standard InChI is InChI=1S/C18H39NO/c1-4-7-8-9-10-11-12-13-14-15-16-20-18(5-2,6-3)17-19/h4-17,19H2,1-3H3. The lowest BCUT2D eigenvalue weighted by Gasteiger charge is -2.30. The van der Waals surface area contributed by atoms with Crippen LogP contribution in [0.3, 0.4) is 0 Å². The molecule has 0 aliphatic heterocycles. The molecule has 0 aromatic heterocycles. The average Bonchev–Trinajstić information content (AvgIpc) is 2.49. The number of ether oxygens (including phenoxy) is 1. The van der Waals surface area contributed by atoms with E-state index in [1.165, 1.54) is 64.2 Å². The van der Waals surface area contributed by atoms with Crippen LogP contribution in [0.1, 0.15) is 97.8 Å². The number of rotatable bonds is 15. The van der Waals surface area contributed by atoms with Crippen molar-refractivity contribution in [1.82, 2.24) is 0 Å². The molecule has 0 heterocycles. The van der Waals surface area contributed by atoms with E-state index in [9.17, 15) is 0 Å². The summed E-state index contributed by atoms with van der Waals surface area (Å²) in [6.07, 6.45) is 15.8. The van der Waals surface area contributed by atoms with E-state index in [0.29, 0.717) is 6.54 Å². The smallest absolute Gasteiger partial charge is 0.0798 e. The Morgan fingerprint density at radius 3 is 1.55 bits per heavy atom. The first-order valence-electron chi connectivity index (χ1n) is 9.08. The minimum atomic E-state index is -0.0563. The van der Waals surface area contributed by atoms with Crippen molar-refractivity contribution in [2.45, 2.75) is 103 Å². The Balaban J connectivity index is 3.32. The van der Waals surface area contributed by atoms with Gasteiger partial charge in [-0.2, -0.15) is 0 Å². The SMILES string of the molecule is CCCCCCCCCCCCOC(CC)(CC)CN. The zero-order chi connectivity index (χ0) is 15.1. The van der Waals surface area contributed by atoms with Crippen LogP contribution in [0, 0.1) is 0 Å². The maximum Gasteiger partial charge on any atom is 0.0798 e. The molecule has 0 saturated carbocycles. The molecule has 0 amide bonds. The summed E-state index contributed by atoms with van der Waals surface area (Å²) < 4.78 is 6.02. The highest BCUT2D eigenvalue weighted by Gasteiger charge is 2.24. The number of unbranched alkanes of at least 4 members (excludes halogenated alkanes) is 9. The normalized spacial score (nSPS) is 12.0. The van der Waals surface area contributed by atoms with Gasteiger partial charge in [0.15, 0.2) is 0 Å². The van der Waals surface area contributed by atoms with Gasteiger partial charge in [0.2, 0.25) is 0 Å². The molecule has 2 nitrogen and oxygen atoms in total. The Kier molecular flexibility index (Phi) is 13.8. The third-order valence-corrected chi connectivity index (χ3v) is 4.57. The summed E-state index contributed by atoms with van der Waals surface area (Å²) in [5.41, 5.74) is 5.78. The average molecular weight is 286 g/mol. The lowest BCUT2D eigenvalue weighted by molar-refractivity contribution is -0.0458. The molecule has 2 N–H and O–H groups in total. The van der Waals surface area contributed by atoms with Crippen LogP contribution in [0.15, 0.2) is 0 Å². The van der Waals surface area contributed by atoms with Crippen LogP contribution < -0.4 is 5.73 Å². The summed E-state index contributed by atoms with van der Waals surface area (Å²) in [5, 5.41) is 0. The molecule has 0 saturated heterocycles. The van der Waals surface area contributed by atoms with Gasteiger partial charge >= 0.3 is 0 Å². The summed E-state index contributed by atoms with van der Waals surface area (Å²) in [7, 11) is 0. The Morgan fingerprint density at radius 1 is 0.700 bits per heavy atom. The van der Waals surface area contributed by atoms with Crippen molar-refractivity contribution in [3.8, 4) is 0 Å². The van der Waals surface area contributed by atoms with E-state index in [0.717, 1.165) is 19.4 Å². The molecule has 0 aliphatic rings. The first-order chi connectivity index (χ1) is 9.74. The van der Waals surface area contributed by atoms with Crippen molar-refractivity contribution >= 4 is 0 Å². The molecule has 0 aliphatic carbocycles. The minimum absolute atomic E-state index is 0.0563. The highest BCUT2D eigenvalue weighted by atomic mass is 16.5. The lowest BCUT2D eigenvalue weighted by Crippen LogP contribution is -2.39. The summed E-state index contributed by atoms with van der Waals surface area (Å²) >= 11 is 0. The fourth-order valence-corrected chi connectivity index (χ4v) is 2.68. The van der Waals surface area contributed by atoms with Crippen LogP contribution >= 0.6 is 0 Å². The maximum atomic E-state index is 6.02. The monoisotopic (exact) mass is 285 g/mol. The predicted molar refractivity (Wildman–Crippen MR) is 90.2 cm³/mol. The largest absolute Gasteiger partial charge is 0.374 e. The molecule has 0 rings (SSSR count). The fraction of sp³-hybridized carbons (Fsp3) is 1.00. The topological polar surface area (TPSA) is 35.2 Å². The third-order valence-electron chi connectivity index (χ3n) is 4.57. The number of hydrogen-bond acceptors (Lipinski definition) is 2. The van der Waals surface area contributed by atoms with Gasteiger partial charge in [-0.05, 0) is 19.3 Å². The molecule has 0 aromatic carbocycles. The van der Waals surface area contributed by atoms with Gasteiger partial charge in [0.1, 0.15) is 0 Å². The lowest BCUT2D eigenvalue weighted by atomic mass is 9.97. The summed E-state index contributed by atoms with van der Waals surface area (Å²) in [4.78, 5) is 0. The third kappa shape index (κ3) is 9.77. The molecule has 0 fully saturated rings. The van der Waals surface area contributed by atoms with Crippen LogP contribution in [0.25, 0.3) is 0 Å². The molecule has 0 aromatic rings. The Morgan fingerprint density at radius 2 is 1.15 bits per heavy atom. The Bertz CT molecular complexity index is 182. The first kappa shape index (κ1) is 19.9. The van der Waals surface area contributed by atoms with Gasteiger partial charge in [0.25, 0.3) is 0 Å². The van der Waals surface area contributed by atoms with Crippen LogP contribution in [0.5, 0.6) is 0 Å². The second-order valence-corrected chi connectivity index (χ2v) is 6.12. The van der Waals surface area contributed by atoms with Crippen molar-refractivity contribution in [3.05, 3.63) is 0 Å². The van der Waals surface area contributed by atoms with Crippen molar-refractivity contribution in [2.75, 3.05) is 13.2 Å². The van der Waals surface area contributed by atoms with Crippen molar-refractivity contribution in [3.63, 3.8) is 0 Å². The molecular weight excluding hydrogens is 246 g/mol. The maximum absolute atomic E-state index is 6.02. The molecular formula is C18H39NO. The molecule has 0 spiro atoms. The second-order valence-electron chi connectivity index (χ2n) is 6.12.